The molecule has 3 saturated heterocycles. The fraction of sp³-hybridized carbons (Fsp3) is 1.00. The van der Waals surface area contributed by atoms with E-state index in [1.54, 1.807) is 0 Å². The number of ether oxygens (including phenoxy) is 4. The van der Waals surface area contributed by atoms with Gasteiger partial charge in [-0.2, -0.15) is 0 Å². The second-order valence-corrected chi connectivity index (χ2v) is 9.45. The average Bonchev–Trinajstić information content (AvgIpc) is 3.32. The number of hydrogen-bond donors (Lipinski definition) is 0. The van der Waals surface area contributed by atoms with Crippen LogP contribution in [-0.2, 0) is 18.9 Å². The van der Waals surface area contributed by atoms with E-state index in [1.807, 2.05) is 0 Å². The van der Waals surface area contributed by atoms with Crippen LogP contribution in [0.3, 0.4) is 0 Å². The van der Waals surface area contributed by atoms with Crippen LogP contribution < -0.4 is 0 Å². The van der Waals surface area contributed by atoms with Gasteiger partial charge in [-0.3, -0.25) is 0 Å². The summed E-state index contributed by atoms with van der Waals surface area (Å²) in [6, 6.07) is 0.674. The Morgan fingerprint density at radius 2 is 1.52 bits per heavy atom. The highest BCUT2D eigenvalue weighted by Gasteiger charge is 2.59. The molecule has 0 aromatic heterocycles. The first-order valence-corrected chi connectivity index (χ1v) is 10.5. The van der Waals surface area contributed by atoms with Gasteiger partial charge in [-0.05, 0) is 75.8 Å². The van der Waals surface area contributed by atoms with Crippen LogP contribution in [0, 0.1) is 29.6 Å². The molecule has 6 aliphatic rings. The Morgan fingerprint density at radius 3 is 2.44 bits per heavy atom. The number of likely N-dealkylation sites (tertiary alicyclic amines) is 1. The van der Waals surface area contributed by atoms with Gasteiger partial charge in [0.1, 0.15) is 13.6 Å². The molecule has 0 N–H and O–H groups in total. The third-order valence-corrected chi connectivity index (χ3v) is 8.60. The maximum Gasteiger partial charge on any atom is 0.147 e. The second-order valence-electron chi connectivity index (χ2n) is 9.45. The van der Waals surface area contributed by atoms with E-state index >= 15 is 0 Å². The summed E-state index contributed by atoms with van der Waals surface area (Å²) in [5.41, 5.74) is 0. The molecule has 6 rings (SSSR count). The smallest absolute Gasteiger partial charge is 0.147 e. The highest BCUT2D eigenvalue weighted by Crippen LogP contribution is 2.56. The number of hydrogen-bond acceptors (Lipinski definition) is 5. The molecule has 5 heteroatoms. The number of nitrogens with zero attached hydrogens (tertiary/aromatic N) is 1. The van der Waals surface area contributed by atoms with Crippen molar-refractivity contribution in [1.29, 1.82) is 0 Å². The van der Waals surface area contributed by atoms with Gasteiger partial charge in [-0.25, -0.2) is 0 Å². The number of fused-ring (bicyclic) bond motifs is 8. The van der Waals surface area contributed by atoms with E-state index in [0.717, 1.165) is 23.7 Å². The topological polar surface area (TPSA) is 40.2 Å². The van der Waals surface area contributed by atoms with Crippen molar-refractivity contribution in [3.8, 4) is 0 Å². The summed E-state index contributed by atoms with van der Waals surface area (Å²) < 4.78 is 23.8. The zero-order chi connectivity index (χ0) is 16.5. The molecule has 5 nitrogen and oxygen atoms in total. The summed E-state index contributed by atoms with van der Waals surface area (Å²) >= 11 is 0. The zero-order valence-corrected chi connectivity index (χ0v) is 15.2. The highest BCUT2D eigenvalue weighted by molar-refractivity contribution is 5.09. The van der Waals surface area contributed by atoms with E-state index in [2.05, 4.69) is 11.9 Å². The molecular weight excluding hydrogens is 318 g/mol. The van der Waals surface area contributed by atoms with Crippen molar-refractivity contribution in [3.05, 3.63) is 0 Å². The van der Waals surface area contributed by atoms with Gasteiger partial charge in [0, 0.05) is 12.0 Å². The van der Waals surface area contributed by atoms with Gasteiger partial charge in [0.2, 0.25) is 0 Å². The SMILES string of the molecule is CN1CCC2CC3OCOC3CC2C2CC3CCC4OCOC4C3C21. The highest BCUT2D eigenvalue weighted by atomic mass is 16.7. The molecular formula is C20H31NO4. The van der Waals surface area contributed by atoms with Crippen LogP contribution in [0.2, 0.25) is 0 Å². The maximum atomic E-state index is 6.12. The first-order chi connectivity index (χ1) is 12.3. The van der Waals surface area contributed by atoms with Crippen LogP contribution in [0.4, 0.5) is 0 Å². The van der Waals surface area contributed by atoms with E-state index < -0.39 is 0 Å². The van der Waals surface area contributed by atoms with Gasteiger partial charge in [-0.1, -0.05) is 0 Å². The molecule has 0 radical (unpaired) electrons. The van der Waals surface area contributed by atoms with Crippen LogP contribution in [0.15, 0.2) is 0 Å². The summed E-state index contributed by atoms with van der Waals surface area (Å²) in [4.78, 5) is 2.69. The van der Waals surface area contributed by atoms with E-state index in [1.165, 1.54) is 45.1 Å². The van der Waals surface area contributed by atoms with Crippen molar-refractivity contribution < 1.29 is 18.9 Å². The molecule has 0 amide bonds. The Hall–Kier alpha value is -0.200. The molecule has 3 saturated carbocycles. The van der Waals surface area contributed by atoms with Crippen molar-refractivity contribution >= 4 is 0 Å². The molecule has 140 valence electrons. The average molecular weight is 349 g/mol. The molecule has 3 heterocycles. The lowest BCUT2D eigenvalue weighted by Crippen LogP contribution is -2.50. The van der Waals surface area contributed by atoms with Crippen LogP contribution in [0.5, 0.6) is 0 Å². The van der Waals surface area contributed by atoms with Crippen molar-refractivity contribution in [1.82, 2.24) is 4.90 Å². The van der Waals surface area contributed by atoms with Crippen LogP contribution in [0.25, 0.3) is 0 Å². The fourth-order valence-electron chi connectivity index (χ4n) is 7.60. The van der Waals surface area contributed by atoms with Gasteiger partial charge < -0.3 is 23.8 Å². The Labute approximate surface area is 150 Å². The predicted molar refractivity (Wildman–Crippen MR) is 90.8 cm³/mol. The van der Waals surface area contributed by atoms with Gasteiger partial charge >= 0.3 is 0 Å². The summed E-state index contributed by atoms with van der Waals surface area (Å²) in [7, 11) is 2.37. The van der Waals surface area contributed by atoms with Gasteiger partial charge in [-0.15, -0.1) is 0 Å². The lowest BCUT2D eigenvalue weighted by molar-refractivity contribution is -0.0175. The molecule has 0 aromatic carbocycles. The van der Waals surface area contributed by atoms with E-state index in [-0.39, 0.29) is 0 Å². The van der Waals surface area contributed by atoms with Gasteiger partial charge in [0.05, 0.1) is 24.4 Å². The molecule has 3 aliphatic carbocycles. The molecule has 0 bridgehead atoms. The lowest BCUT2D eigenvalue weighted by atomic mass is 9.68. The molecule has 10 unspecified atom stereocenters. The standard InChI is InChI=1S/C20H31NO4/c1-21-5-4-11-7-16-17(24-9-23-16)8-13(11)14-6-12-2-3-15-20(25-10-22-15)18(12)19(14)21/h11-20H,2-10H2,1H3. The monoisotopic (exact) mass is 349 g/mol. The van der Waals surface area contributed by atoms with Gasteiger partial charge in [0.25, 0.3) is 0 Å². The zero-order valence-electron chi connectivity index (χ0n) is 15.2. The van der Waals surface area contributed by atoms with Crippen molar-refractivity contribution in [3.63, 3.8) is 0 Å². The summed E-state index contributed by atoms with van der Waals surface area (Å²) in [5, 5.41) is 0. The quantitative estimate of drug-likeness (QED) is 0.671. The maximum absolute atomic E-state index is 6.12. The minimum Gasteiger partial charge on any atom is -0.349 e. The summed E-state index contributed by atoms with van der Waals surface area (Å²) in [6.07, 6.45) is 9.10. The molecule has 25 heavy (non-hydrogen) atoms. The van der Waals surface area contributed by atoms with E-state index in [9.17, 15) is 0 Å². The normalized spacial score (nSPS) is 58.0. The van der Waals surface area contributed by atoms with Crippen LogP contribution in [-0.4, -0.2) is 62.5 Å². The summed E-state index contributed by atoms with van der Waals surface area (Å²) in [6.45, 7) is 2.26. The lowest BCUT2D eigenvalue weighted by Gasteiger charge is -2.42. The second kappa shape index (κ2) is 5.90. The first-order valence-electron chi connectivity index (χ1n) is 10.5. The van der Waals surface area contributed by atoms with Crippen molar-refractivity contribution in [2.45, 2.75) is 69.0 Å². The van der Waals surface area contributed by atoms with E-state index in [0.29, 0.717) is 50.0 Å². The van der Waals surface area contributed by atoms with Crippen LogP contribution >= 0.6 is 0 Å². The first kappa shape index (κ1) is 15.8. The molecule has 0 aromatic rings. The Kier molecular flexibility index (Phi) is 3.73. The molecule has 10 atom stereocenters. The molecule has 0 spiro atoms. The van der Waals surface area contributed by atoms with Crippen molar-refractivity contribution in [2.24, 2.45) is 29.6 Å². The minimum absolute atomic E-state index is 0.343. The van der Waals surface area contributed by atoms with Crippen molar-refractivity contribution in [2.75, 3.05) is 27.2 Å². The van der Waals surface area contributed by atoms with E-state index in [4.69, 9.17) is 18.9 Å². The Balaban J connectivity index is 1.32. The number of rotatable bonds is 0. The Morgan fingerprint density at radius 1 is 0.720 bits per heavy atom. The van der Waals surface area contributed by atoms with Crippen LogP contribution in [0.1, 0.15) is 38.5 Å². The summed E-state index contributed by atoms with van der Waals surface area (Å²) in [5.74, 6) is 3.94. The van der Waals surface area contributed by atoms with Gasteiger partial charge in [0.15, 0.2) is 0 Å². The third-order valence-electron chi connectivity index (χ3n) is 8.60. The predicted octanol–water partition coefficient (Wildman–Crippen LogP) is 2.25. The molecule has 3 aliphatic heterocycles. The minimum atomic E-state index is 0.343. The fourth-order valence-corrected chi connectivity index (χ4v) is 7.60. The largest absolute Gasteiger partial charge is 0.349 e. The molecule has 6 fully saturated rings. The third kappa shape index (κ3) is 2.32. The Bertz CT molecular complexity index is 530.